The third-order valence-corrected chi connectivity index (χ3v) is 1.09. The first-order valence-corrected chi connectivity index (χ1v) is 5.06. The van der Waals surface area contributed by atoms with Gasteiger partial charge in [-0.2, -0.15) is 0 Å². The molecule has 1 aromatic heterocycles. The Balaban J connectivity index is 0. The Morgan fingerprint density at radius 2 is 1.93 bits per heavy atom. The maximum Gasteiger partial charge on any atom is 0.217 e. The highest BCUT2D eigenvalue weighted by Crippen LogP contribution is 1.97. The Kier molecular flexibility index (Phi) is 12.8. The first-order valence-electron chi connectivity index (χ1n) is 5.06. The lowest BCUT2D eigenvalue weighted by Crippen LogP contribution is -2.18. The molecular formula is C11H21NO2. The van der Waals surface area contributed by atoms with Crippen molar-refractivity contribution in [3.8, 4) is 0 Å². The predicted octanol–water partition coefficient (Wildman–Crippen LogP) is 2.97. The minimum absolute atomic E-state index is 0.0450. The van der Waals surface area contributed by atoms with Crippen LogP contribution in [0, 0.1) is 0 Å². The smallest absolute Gasteiger partial charge is 0.217 e. The van der Waals surface area contributed by atoms with E-state index in [1.165, 1.54) is 6.92 Å². The normalized spacial score (nSPS) is 7.50. The van der Waals surface area contributed by atoms with Crippen LogP contribution in [0.1, 0.15) is 40.4 Å². The second kappa shape index (κ2) is 11.8. The summed E-state index contributed by atoms with van der Waals surface area (Å²) >= 11 is 0. The second-order valence-corrected chi connectivity index (χ2v) is 1.99. The molecule has 1 amide bonds. The van der Waals surface area contributed by atoms with Crippen molar-refractivity contribution in [1.29, 1.82) is 0 Å². The van der Waals surface area contributed by atoms with Gasteiger partial charge in [0.15, 0.2) is 0 Å². The molecule has 0 aliphatic rings. The fourth-order valence-corrected chi connectivity index (χ4v) is 0.625. The fourth-order valence-electron chi connectivity index (χ4n) is 0.625. The third kappa shape index (κ3) is 8.84. The lowest BCUT2D eigenvalue weighted by atomic mass is 10.4. The molecule has 1 rings (SSSR count). The monoisotopic (exact) mass is 199 g/mol. The van der Waals surface area contributed by atoms with Gasteiger partial charge in [0.05, 0.1) is 12.8 Å². The molecule has 0 saturated heterocycles. The average molecular weight is 199 g/mol. The van der Waals surface area contributed by atoms with E-state index in [0.717, 1.165) is 5.76 Å². The Morgan fingerprint density at radius 1 is 1.36 bits per heavy atom. The van der Waals surface area contributed by atoms with Gasteiger partial charge in [-0.25, -0.2) is 0 Å². The zero-order valence-electron chi connectivity index (χ0n) is 9.76. The Bertz CT molecular complexity index is 205. The van der Waals surface area contributed by atoms with Crippen LogP contribution in [0.3, 0.4) is 0 Å². The van der Waals surface area contributed by atoms with Crippen molar-refractivity contribution >= 4 is 5.91 Å². The molecule has 1 aromatic rings. The highest BCUT2D eigenvalue weighted by Gasteiger charge is 1.94. The first-order chi connectivity index (χ1) is 6.79. The molecule has 0 fully saturated rings. The van der Waals surface area contributed by atoms with Crippen LogP contribution in [0.2, 0.25) is 0 Å². The summed E-state index contributed by atoms with van der Waals surface area (Å²) < 4.78 is 4.97. The van der Waals surface area contributed by atoms with Gasteiger partial charge in [-0.3, -0.25) is 4.79 Å². The number of carbonyl (C=O) groups excluding carboxylic acids is 1. The Labute approximate surface area is 86.5 Å². The molecule has 3 heteroatoms. The van der Waals surface area contributed by atoms with Crippen molar-refractivity contribution in [3.05, 3.63) is 24.2 Å². The van der Waals surface area contributed by atoms with Crippen molar-refractivity contribution in [2.24, 2.45) is 0 Å². The van der Waals surface area contributed by atoms with E-state index >= 15 is 0 Å². The number of hydrogen-bond donors (Lipinski definition) is 1. The molecule has 1 N–H and O–H groups in total. The number of amides is 1. The van der Waals surface area contributed by atoms with Crippen LogP contribution in [0.25, 0.3) is 0 Å². The number of rotatable bonds is 2. The molecule has 0 aliphatic heterocycles. The van der Waals surface area contributed by atoms with E-state index in [0.29, 0.717) is 6.54 Å². The summed E-state index contributed by atoms with van der Waals surface area (Å²) in [5.41, 5.74) is 0. The van der Waals surface area contributed by atoms with Gasteiger partial charge in [-0.05, 0) is 12.1 Å². The Morgan fingerprint density at radius 3 is 2.29 bits per heavy atom. The number of hydrogen-bond acceptors (Lipinski definition) is 2. The van der Waals surface area contributed by atoms with Gasteiger partial charge in [0, 0.05) is 6.92 Å². The summed E-state index contributed by atoms with van der Waals surface area (Å²) in [7, 11) is 0. The molecule has 0 spiro atoms. The second-order valence-electron chi connectivity index (χ2n) is 1.99. The Hall–Kier alpha value is -1.25. The van der Waals surface area contributed by atoms with Gasteiger partial charge < -0.3 is 9.73 Å². The van der Waals surface area contributed by atoms with Crippen LogP contribution in [-0.4, -0.2) is 5.91 Å². The summed E-state index contributed by atoms with van der Waals surface area (Å²) in [6.45, 7) is 9.95. The summed E-state index contributed by atoms with van der Waals surface area (Å²) in [4.78, 5) is 10.4. The quantitative estimate of drug-likeness (QED) is 0.795. The van der Waals surface area contributed by atoms with Crippen LogP contribution in [0.15, 0.2) is 22.8 Å². The lowest BCUT2D eigenvalue weighted by Gasteiger charge is -1.95. The van der Waals surface area contributed by atoms with E-state index in [4.69, 9.17) is 4.42 Å². The SMILES string of the molecule is CC.CC.CC(=O)NCc1ccco1. The van der Waals surface area contributed by atoms with Gasteiger partial charge in [0.1, 0.15) is 5.76 Å². The van der Waals surface area contributed by atoms with Crippen molar-refractivity contribution in [3.63, 3.8) is 0 Å². The minimum Gasteiger partial charge on any atom is -0.467 e. The van der Waals surface area contributed by atoms with Crippen molar-refractivity contribution in [2.45, 2.75) is 41.2 Å². The molecule has 0 aliphatic carbocycles. The molecular weight excluding hydrogens is 178 g/mol. The van der Waals surface area contributed by atoms with Gasteiger partial charge in [-0.15, -0.1) is 0 Å². The van der Waals surface area contributed by atoms with Crippen molar-refractivity contribution in [2.75, 3.05) is 0 Å². The van der Waals surface area contributed by atoms with Gasteiger partial charge in [-0.1, -0.05) is 27.7 Å². The molecule has 0 aromatic carbocycles. The molecule has 82 valence electrons. The third-order valence-electron chi connectivity index (χ3n) is 1.09. The van der Waals surface area contributed by atoms with Crippen LogP contribution < -0.4 is 5.32 Å². The van der Waals surface area contributed by atoms with E-state index in [9.17, 15) is 4.79 Å². The van der Waals surface area contributed by atoms with Gasteiger partial charge in [0.2, 0.25) is 5.91 Å². The largest absolute Gasteiger partial charge is 0.467 e. The summed E-state index contributed by atoms with van der Waals surface area (Å²) in [5, 5.41) is 2.62. The van der Waals surface area contributed by atoms with Gasteiger partial charge in [0.25, 0.3) is 0 Å². The molecule has 14 heavy (non-hydrogen) atoms. The van der Waals surface area contributed by atoms with E-state index in [1.54, 1.807) is 12.3 Å². The van der Waals surface area contributed by atoms with Crippen LogP contribution >= 0.6 is 0 Å². The van der Waals surface area contributed by atoms with E-state index in [2.05, 4.69) is 5.32 Å². The highest BCUT2D eigenvalue weighted by molar-refractivity contribution is 5.72. The zero-order chi connectivity index (χ0) is 11.4. The van der Waals surface area contributed by atoms with Crippen LogP contribution in [-0.2, 0) is 11.3 Å². The summed E-state index contributed by atoms with van der Waals surface area (Å²) in [6.07, 6.45) is 1.58. The molecule has 0 bridgehead atoms. The minimum atomic E-state index is -0.0450. The first kappa shape index (κ1) is 15.2. The predicted molar refractivity (Wildman–Crippen MR) is 58.9 cm³/mol. The van der Waals surface area contributed by atoms with Crippen molar-refractivity contribution in [1.82, 2.24) is 5.32 Å². The fraction of sp³-hybridized carbons (Fsp3) is 0.545. The molecule has 0 unspecified atom stereocenters. The van der Waals surface area contributed by atoms with E-state index < -0.39 is 0 Å². The van der Waals surface area contributed by atoms with Crippen LogP contribution in [0.4, 0.5) is 0 Å². The molecule has 0 atom stereocenters. The van der Waals surface area contributed by atoms with E-state index in [1.807, 2.05) is 33.8 Å². The maximum atomic E-state index is 10.4. The summed E-state index contributed by atoms with van der Waals surface area (Å²) in [5.74, 6) is 0.728. The highest BCUT2D eigenvalue weighted by atomic mass is 16.3. The molecule has 0 radical (unpaired) electrons. The average Bonchev–Trinajstić information content (AvgIpc) is 2.73. The molecule has 1 heterocycles. The van der Waals surface area contributed by atoms with Gasteiger partial charge >= 0.3 is 0 Å². The standard InChI is InChI=1S/C7H9NO2.2C2H6/c1-6(9)8-5-7-3-2-4-10-7;2*1-2/h2-4H,5H2,1H3,(H,8,9);2*1-2H3. The molecule has 3 nitrogen and oxygen atoms in total. The number of furan rings is 1. The zero-order valence-corrected chi connectivity index (χ0v) is 9.76. The van der Waals surface area contributed by atoms with E-state index in [-0.39, 0.29) is 5.91 Å². The maximum absolute atomic E-state index is 10.4. The number of carbonyl (C=O) groups is 1. The summed E-state index contributed by atoms with van der Waals surface area (Å²) in [6, 6.07) is 3.60. The topological polar surface area (TPSA) is 42.2 Å². The van der Waals surface area contributed by atoms with Crippen molar-refractivity contribution < 1.29 is 9.21 Å². The molecule has 0 saturated carbocycles. The number of nitrogens with one attached hydrogen (secondary N) is 1. The van der Waals surface area contributed by atoms with Crippen LogP contribution in [0.5, 0.6) is 0 Å². The lowest BCUT2D eigenvalue weighted by molar-refractivity contribution is -0.119.